The lowest BCUT2D eigenvalue weighted by molar-refractivity contribution is 0.0689. The van der Waals surface area contributed by atoms with Crippen LogP contribution in [0.3, 0.4) is 0 Å². The van der Waals surface area contributed by atoms with Crippen LogP contribution in [0.4, 0.5) is 0 Å². The summed E-state index contributed by atoms with van der Waals surface area (Å²) in [5.74, 6) is 0.704. The Morgan fingerprint density at radius 2 is 1.90 bits per heavy atom. The summed E-state index contributed by atoms with van der Waals surface area (Å²) in [6.07, 6.45) is 2.47. The van der Waals surface area contributed by atoms with Crippen molar-refractivity contribution in [3.8, 4) is 0 Å². The first-order valence-electron chi connectivity index (χ1n) is 4.06. The molecule has 2 fully saturated rings. The van der Waals surface area contributed by atoms with Crippen LogP contribution in [-0.2, 0) is 9.47 Å². The molecule has 2 heteroatoms. The van der Waals surface area contributed by atoms with Gasteiger partial charge in [-0.25, -0.2) is 0 Å². The zero-order valence-corrected chi connectivity index (χ0v) is 6.54. The molecule has 0 bridgehead atoms. The highest BCUT2D eigenvalue weighted by molar-refractivity contribution is 4.92. The molecule has 4 atom stereocenters. The molecule has 2 heterocycles. The fraction of sp³-hybridized carbons (Fsp3) is 1.00. The van der Waals surface area contributed by atoms with Gasteiger partial charge in [-0.2, -0.15) is 0 Å². The van der Waals surface area contributed by atoms with Gasteiger partial charge in [0.25, 0.3) is 0 Å². The first-order chi connectivity index (χ1) is 4.79. The molecule has 2 rings (SSSR count). The van der Waals surface area contributed by atoms with Gasteiger partial charge in [0.15, 0.2) is 0 Å². The summed E-state index contributed by atoms with van der Waals surface area (Å²) in [5, 5.41) is 0. The molecule has 0 aromatic heterocycles. The molecule has 2 aliphatic rings. The Balaban J connectivity index is 1.92. The summed E-state index contributed by atoms with van der Waals surface area (Å²) in [5.41, 5.74) is 0. The van der Waals surface area contributed by atoms with E-state index in [9.17, 15) is 0 Å². The Kier molecular flexibility index (Phi) is 1.46. The SMILES string of the molecule is CC1CCOC1C1OC1C. The number of hydrogen-bond donors (Lipinski definition) is 0. The van der Waals surface area contributed by atoms with Gasteiger partial charge in [-0.1, -0.05) is 6.92 Å². The summed E-state index contributed by atoms with van der Waals surface area (Å²) in [7, 11) is 0. The maximum absolute atomic E-state index is 5.53. The van der Waals surface area contributed by atoms with Crippen molar-refractivity contribution >= 4 is 0 Å². The Labute approximate surface area is 61.5 Å². The Bertz CT molecular complexity index is 135. The second-order valence-electron chi connectivity index (χ2n) is 3.41. The van der Waals surface area contributed by atoms with Crippen molar-refractivity contribution < 1.29 is 9.47 Å². The Morgan fingerprint density at radius 1 is 1.20 bits per heavy atom. The molecular weight excluding hydrogens is 128 g/mol. The van der Waals surface area contributed by atoms with Crippen LogP contribution in [0.5, 0.6) is 0 Å². The quantitative estimate of drug-likeness (QED) is 0.513. The van der Waals surface area contributed by atoms with Crippen LogP contribution < -0.4 is 0 Å². The van der Waals surface area contributed by atoms with Crippen LogP contribution in [0, 0.1) is 5.92 Å². The first-order valence-corrected chi connectivity index (χ1v) is 4.06. The number of ether oxygens (including phenoxy) is 2. The summed E-state index contributed by atoms with van der Waals surface area (Å²) in [6.45, 7) is 5.28. The zero-order valence-electron chi connectivity index (χ0n) is 6.54. The second-order valence-corrected chi connectivity index (χ2v) is 3.41. The van der Waals surface area contributed by atoms with E-state index in [1.807, 2.05) is 0 Å². The molecule has 0 spiro atoms. The predicted octanol–water partition coefficient (Wildman–Crippen LogP) is 1.20. The van der Waals surface area contributed by atoms with Crippen LogP contribution >= 0.6 is 0 Å². The summed E-state index contributed by atoms with van der Waals surface area (Å²) >= 11 is 0. The van der Waals surface area contributed by atoms with E-state index in [1.165, 1.54) is 6.42 Å². The van der Waals surface area contributed by atoms with Crippen molar-refractivity contribution in [2.75, 3.05) is 6.61 Å². The molecule has 2 aliphatic heterocycles. The maximum atomic E-state index is 5.53. The molecule has 0 aromatic carbocycles. The lowest BCUT2D eigenvalue weighted by atomic mass is 10.0. The molecular formula is C8H14O2. The van der Waals surface area contributed by atoms with Crippen LogP contribution in [0.15, 0.2) is 0 Å². The smallest absolute Gasteiger partial charge is 0.110 e. The Hall–Kier alpha value is -0.0800. The van der Waals surface area contributed by atoms with E-state index in [-0.39, 0.29) is 0 Å². The highest BCUT2D eigenvalue weighted by atomic mass is 16.6. The van der Waals surface area contributed by atoms with Crippen molar-refractivity contribution in [3.63, 3.8) is 0 Å². The largest absolute Gasteiger partial charge is 0.375 e. The van der Waals surface area contributed by atoms with Gasteiger partial charge in [-0.05, 0) is 19.3 Å². The van der Waals surface area contributed by atoms with E-state index >= 15 is 0 Å². The number of rotatable bonds is 1. The highest BCUT2D eigenvalue weighted by Crippen LogP contribution is 2.34. The molecule has 58 valence electrons. The lowest BCUT2D eigenvalue weighted by Crippen LogP contribution is -2.21. The third-order valence-electron chi connectivity index (χ3n) is 2.53. The van der Waals surface area contributed by atoms with Crippen molar-refractivity contribution in [2.24, 2.45) is 5.92 Å². The summed E-state index contributed by atoms with van der Waals surface area (Å²) in [6, 6.07) is 0. The third kappa shape index (κ3) is 0.956. The summed E-state index contributed by atoms with van der Waals surface area (Å²) < 4.78 is 10.9. The first kappa shape index (κ1) is 6.62. The van der Waals surface area contributed by atoms with Gasteiger partial charge in [0.1, 0.15) is 6.10 Å². The monoisotopic (exact) mass is 142 g/mol. The van der Waals surface area contributed by atoms with Gasteiger partial charge >= 0.3 is 0 Å². The summed E-state index contributed by atoms with van der Waals surface area (Å²) in [4.78, 5) is 0. The van der Waals surface area contributed by atoms with Crippen molar-refractivity contribution in [1.29, 1.82) is 0 Å². The zero-order chi connectivity index (χ0) is 7.14. The van der Waals surface area contributed by atoms with Gasteiger partial charge in [0.05, 0.1) is 12.2 Å². The second kappa shape index (κ2) is 2.21. The van der Waals surface area contributed by atoms with Gasteiger partial charge in [0, 0.05) is 6.61 Å². The topological polar surface area (TPSA) is 21.8 Å². The van der Waals surface area contributed by atoms with E-state index in [4.69, 9.17) is 9.47 Å². The van der Waals surface area contributed by atoms with Crippen LogP contribution in [0.2, 0.25) is 0 Å². The molecule has 0 N–H and O–H groups in total. The van der Waals surface area contributed by atoms with Crippen molar-refractivity contribution in [3.05, 3.63) is 0 Å². The fourth-order valence-electron chi connectivity index (χ4n) is 1.68. The molecule has 0 amide bonds. The van der Waals surface area contributed by atoms with Gasteiger partial charge in [-0.3, -0.25) is 0 Å². The molecule has 0 aromatic rings. The highest BCUT2D eigenvalue weighted by Gasteiger charge is 2.46. The van der Waals surface area contributed by atoms with Crippen molar-refractivity contribution in [1.82, 2.24) is 0 Å². The van der Waals surface area contributed by atoms with Crippen LogP contribution in [0.25, 0.3) is 0 Å². The van der Waals surface area contributed by atoms with E-state index in [1.54, 1.807) is 0 Å². The van der Waals surface area contributed by atoms with E-state index < -0.39 is 0 Å². The average molecular weight is 142 g/mol. The van der Waals surface area contributed by atoms with E-state index in [0.29, 0.717) is 24.2 Å². The lowest BCUT2D eigenvalue weighted by Gasteiger charge is -2.10. The number of epoxide rings is 1. The van der Waals surface area contributed by atoms with E-state index in [0.717, 1.165) is 6.61 Å². The molecule has 10 heavy (non-hydrogen) atoms. The minimum atomic E-state index is 0.398. The molecule has 0 saturated carbocycles. The molecule has 2 nitrogen and oxygen atoms in total. The molecule has 0 aliphatic carbocycles. The van der Waals surface area contributed by atoms with Crippen LogP contribution in [0.1, 0.15) is 20.3 Å². The standard InChI is InChI=1S/C8H14O2/c1-5-3-4-9-7(5)8-6(2)10-8/h5-8H,3-4H2,1-2H3. The normalized spacial score (nSPS) is 53.4. The average Bonchev–Trinajstić information content (AvgIpc) is 2.42. The fourth-order valence-corrected chi connectivity index (χ4v) is 1.68. The Morgan fingerprint density at radius 3 is 2.30 bits per heavy atom. The van der Waals surface area contributed by atoms with E-state index in [2.05, 4.69) is 13.8 Å². The molecule has 4 unspecified atom stereocenters. The molecule has 0 radical (unpaired) electrons. The minimum absolute atomic E-state index is 0.398. The van der Waals surface area contributed by atoms with Crippen molar-refractivity contribution in [2.45, 2.75) is 38.6 Å². The number of hydrogen-bond acceptors (Lipinski definition) is 2. The molecule has 2 saturated heterocycles. The third-order valence-corrected chi connectivity index (χ3v) is 2.53. The van der Waals surface area contributed by atoms with Crippen LogP contribution in [-0.4, -0.2) is 24.9 Å². The van der Waals surface area contributed by atoms with Gasteiger partial charge in [-0.15, -0.1) is 0 Å². The predicted molar refractivity (Wildman–Crippen MR) is 37.9 cm³/mol. The van der Waals surface area contributed by atoms with Gasteiger partial charge < -0.3 is 9.47 Å². The minimum Gasteiger partial charge on any atom is -0.375 e. The van der Waals surface area contributed by atoms with Gasteiger partial charge in [0.2, 0.25) is 0 Å². The maximum Gasteiger partial charge on any atom is 0.110 e.